The highest BCUT2D eigenvalue weighted by Gasteiger charge is 2.10. The molecule has 1 aromatic rings. The van der Waals surface area contributed by atoms with Gasteiger partial charge in [-0.25, -0.2) is 4.39 Å². The van der Waals surface area contributed by atoms with Crippen LogP contribution in [0, 0.1) is 5.82 Å². The number of aliphatic hydroxyl groups excluding tert-OH is 1. The van der Waals surface area contributed by atoms with Crippen LogP contribution in [-0.4, -0.2) is 24.9 Å². The van der Waals surface area contributed by atoms with Crippen molar-refractivity contribution < 1.29 is 14.2 Å². The number of halogens is 2. The molecule has 2 nitrogen and oxygen atoms in total. The first-order chi connectivity index (χ1) is 6.65. The van der Waals surface area contributed by atoms with E-state index in [4.69, 9.17) is 16.3 Å². The Balaban J connectivity index is 2.71. The molecule has 4 heteroatoms. The summed E-state index contributed by atoms with van der Waals surface area (Å²) in [5.74, 6) is -0.468. The van der Waals surface area contributed by atoms with Crippen LogP contribution in [0.3, 0.4) is 0 Å². The van der Waals surface area contributed by atoms with Crippen LogP contribution in [0.25, 0.3) is 0 Å². The highest BCUT2D eigenvalue weighted by atomic mass is 35.5. The minimum Gasteiger partial charge on any atom is -0.390 e. The lowest BCUT2D eigenvalue weighted by Gasteiger charge is -2.10. The van der Waals surface area contributed by atoms with Gasteiger partial charge in [0.05, 0.1) is 17.7 Å². The molecule has 78 valence electrons. The number of hydrogen-bond donors (Lipinski definition) is 1. The summed E-state index contributed by atoms with van der Waals surface area (Å²) in [6.07, 6.45) is -0.492. The van der Waals surface area contributed by atoms with Gasteiger partial charge in [-0.15, -0.1) is 0 Å². The van der Waals surface area contributed by atoms with Gasteiger partial charge >= 0.3 is 0 Å². The van der Waals surface area contributed by atoms with Gasteiger partial charge in [-0.2, -0.15) is 0 Å². The molecule has 0 spiro atoms. The van der Waals surface area contributed by atoms with Crippen molar-refractivity contribution in [1.29, 1.82) is 0 Å². The van der Waals surface area contributed by atoms with Crippen molar-refractivity contribution in [3.8, 4) is 0 Å². The first-order valence-electron chi connectivity index (χ1n) is 4.25. The van der Waals surface area contributed by atoms with Crippen molar-refractivity contribution in [3.63, 3.8) is 0 Å². The molecular formula is C10H12ClFO2. The Hall–Kier alpha value is -0.640. The molecule has 0 amide bonds. The van der Waals surface area contributed by atoms with Crippen molar-refractivity contribution in [1.82, 2.24) is 0 Å². The molecule has 1 unspecified atom stereocenters. The Morgan fingerprint density at radius 3 is 2.93 bits per heavy atom. The largest absolute Gasteiger partial charge is 0.390 e. The molecule has 14 heavy (non-hydrogen) atoms. The smallest absolute Gasteiger partial charge is 0.145 e. The van der Waals surface area contributed by atoms with E-state index in [0.29, 0.717) is 5.56 Å². The Bertz CT molecular complexity index is 304. The van der Waals surface area contributed by atoms with E-state index in [9.17, 15) is 9.50 Å². The average Bonchev–Trinajstić information content (AvgIpc) is 2.13. The van der Waals surface area contributed by atoms with Crippen LogP contribution < -0.4 is 0 Å². The summed E-state index contributed by atoms with van der Waals surface area (Å²) < 4.78 is 18.1. The second-order valence-corrected chi connectivity index (χ2v) is 3.43. The van der Waals surface area contributed by atoms with Crippen molar-refractivity contribution in [3.05, 3.63) is 34.6 Å². The zero-order valence-electron chi connectivity index (χ0n) is 7.84. The van der Waals surface area contributed by atoms with E-state index in [1.165, 1.54) is 13.2 Å². The lowest BCUT2D eigenvalue weighted by molar-refractivity contribution is 0.0645. The number of ether oxygens (including phenoxy) is 1. The summed E-state index contributed by atoms with van der Waals surface area (Å²) in [5.41, 5.74) is 0.405. The number of hydrogen-bond acceptors (Lipinski definition) is 2. The Kier molecular flexibility index (Phi) is 4.32. The van der Waals surface area contributed by atoms with Crippen LogP contribution in [0.4, 0.5) is 4.39 Å². The van der Waals surface area contributed by atoms with E-state index in [-0.39, 0.29) is 18.1 Å². The predicted octanol–water partition coefficient (Wildman–Crippen LogP) is 2.03. The molecule has 0 radical (unpaired) electrons. The molecule has 1 rings (SSSR count). The van der Waals surface area contributed by atoms with Gasteiger partial charge in [0.15, 0.2) is 0 Å². The third kappa shape index (κ3) is 2.94. The summed E-state index contributed by atoms with van der Waals surface area (Å²) in [5, 5.41) is 9.46. The highest BCUT2D eigenvalue weighted by molar-refractivity contribution is 6.30. The molecule has 0 aliphatic carbocycles. The van der Waals surface area contributed by atoms with Crippen LogP contribution >= 0.6 is 11.6 Å². The fourth-order valence-corrected chi connectivity index (χ4v) is 1.41. The van der Waals surface area contributed by atoms with Crippen LogP contribution in [0.5, 0.6) is 0 Å². The van der Waals surface area contributed by atoms with Gasteiger partial charge in [0.25, 0.3) is 0 Å². The van der Waals surface area contributed by atoms with E-state index in [1.807, 2.05) is 0 Å². The molecule has 0 saturated carbocycles. The van der Waals surface area contributed by atoms with E-state index in [0.717, 1.165) is 0 Å². The van der Waals surface area contributed by atoms with Crippen molar-refractivity contribution in [2.75, 3.05) is 13.7 Å². The first-order valence-corrected chi connectivity index (χ1v) is 4.63. The van der Waals surface area contributed by atoms with Gasteiger partial charge in [0.2, 0.25) is 0 Å². The van der Waals surface area contributed by atoms with Gasteiger partial charge in [0, 0.05) is 13.5 Å². The van der Waals surface area contributed by atoms with Gasteiger partial charge in [-0.05, 0) is 11.6 Å². The van der Waals surface area contributed by atoms with Gasteiger partial charge in [-0.1, -0.05) is 23.7 Å². The number of aliphatic hydroxyl groups is 1. The molecule has 0 saturated heterocycles. The summed E-state index contributed by atoms with van der Waals surface area (Å²) in [4.78, 5) is 0. The standard InChI is InChI=1S/C10H12ClFO2/c1-14-6-8(13)5-7-3-2-4-9(11)10(7)12/h2-4,8,13H,5-6H2,1H3. The molecule has 1 atom stereocenters. The topological polar surface area (TPSA) is 29.5 Å². The van der Waals surface area contributed by atoms with Crippen molar-refractivity contribution in [2.45, 2.75) is 12.5 Å². The van der Waals surface area contributed by atoms with Crippen LogP contribution in [-0.2, 0) is 11.2 Å². The minimum atomic E-state index is -0.701. The monoisotopic (exact) mass is 218 g/mol. The summed E-state index contributed by atoms with van der Waals surface area (Å²) in [7, 11) is 1.48. The second kappa shape index (κ2) is 5.29. The van der Waals surface area contributed by atoms with Crippen molar-refractivity contribution in [2.24, 2.45) is 0 Å². The summed E-state index contributed by atoms with van der Waals surface area (Å²) in [6, 6.07) is 4.73. The Labute approximate surface area is 87.3 Å². The number of rotatable bonds is 4. The second-order valence-electron chi connectivity index (χ2n) is 3.03. The number of methoxy groups -OCH3 is 1. The van der Waals surface area contributed by atoms with Gasteiger partial charge in [0.1, 0.15) is 5.82 Å². The SMILES string of the molecule is COCC(O)Cc1cccc(Cl)c1F. The zero-order valence-corrected chi connectivity index (χ0v) is 8.59. The van der Waals surface area contributed by atoms with E-state index >= 15 is 0 Å². The molecule has 0 heterocycles. The maximum atomic E-state index is 13.3. The van der Waals surface area contributed by atoms with E-state index in [2.05, 4.69) is 0 Å². The van der Waals surface area contributed by atoms with E-state index < -0.39 is 11.9 Å². The minimum absolute atomic E-state index is 0.0760. The molecule has 0 aromatic heterocycles. The lowest BCUT2D eigenvalue weighted by Crippen LogP contribution is -2.17. The lowest BCUT2D eigenvalue weighted by atomic mass is 10.1. The maximum absolute atomic E-state index is 13.3. The average molecular weight is 219 g/mol. The first kappa shape index (κ1) is 11.4. The van der Waals surface area contributed by atoms with Crippen molar-refractivity contribution >= 4 is 11.6 Å². The van der Waals surface area contributed by atoms with Gasteiger partial charge in [-0.3, -0.25) is 0 Å². The van der Waals surface area contributed by atoms with Crippen LogP contribution in [0.15, 0.2) is 18.2 Å². The number of benzene rings is 1. The fraction of sp³-hybridized carbons (Fsp3) is 0.400. The van der Waals surface area contributed by atoms with Crippen LogP contribution in [0.1, 0.15) is 5.56 Å². The maximum Gasteiger partial charge on any atom is 0.145 e. The predicted molar refractivity (Wildman–Crippen MR) is 53.0 cm³/mol. The van der Waals surface area contributed by atoms with Gasteiger partial charge < -0.3 is 9.84 Å². The molecular weight excluding hydrogens is 207 g/mol. The quantitative estimate of drug-likeness (QED) is 0.838. The molecule has 0 fully saturated rings. The fourth-order valence-electron chi connectivity index (χ4n) is 1.21. The molecule has 1 N–H and O–H groups in total. The third-order valence-corrected chi connectivity index (χ3v) is 2.14. The highest BCUT2D eigenvalue weighted by Crippen LogP contribution is 2.18. The summed E-state index contributed by atoms with van der Waals surface area (Å²) in [6.45, 7) is 0.186. The van der Waals surface area contributed by atoms with Crippen LogP contribution in [0.2, 0.25) is 5.02 Å². The molecule has 0 bridgehead atoms. The normalized spacial score (nSPS) is 12.9. The third-order valence-electron chi connectivity index (χ3n) is 1.85. The molecule has 1 aromatic carbocycles. The zero-order chi connectivity index (χ0) is 10.6. The van der Waals surface area contributed by atoms with E-state index in [1.54, 1.807) is 12.1 Å². The Morgan fingerprint density at radius 1 is 1.57 bits per heavy atom. The summed E-state index contributed by atoms with van der Waals surface area (Å²) >= 11 is 5.59. The molecule has 0 aliphatic heterocycles. The molecule has 0 aliphatic rings. The Morgan fingerprint density at radius 2 is 2.29 bits per heavy atom.